The van der Waals surface area contributed by atoms with Crippen LogP contribution in [0.4, 0.5) is 0 Å². The third-order valence-electron chi connectivity index (χ3n) is 1.35. The molecule has 2 heteroatoms. The normalized spacial score (nSPS) is 11.7. The van der Waals surface area contributed by atoms with Gasteiger partial charge in [-0.05, 0) is 6.42 Å². The van der Waals surface area contributed by atoms with Crippen LogP contribution in [-0.4, -0.2) is 0 Å². The van der Waals surface area contributed by atoms with Crippen LogP contribution in [0.5, 0.6) is 0 Å². The van der Waals surface area contributed by atoms with E-state index in [-0.39, 0.29) is 21.1 Å². The summed E-state index contributed by atoms with van der Waals surface area (Å²) in [5, 5.41) is 4.44. The van der Waals surface area contributed by atoms with Crippen molar-refractivity contribution in [2.45, 2.75) is 34.1 Å². The maximum Gasteiger partial charge on any atom is 0 e. The molecule has 0 nitrogen and oxygen atoms in total. The molecule has 0 radical (unpaired) electrons. The van der Waals surface area contributed by atoms with E-state index in [1.54, 1.807) is 11.3 Å². The maximum atomic E-state index is 3.11. The van der Waals surface area contributed by atoms with Gasteiger partial charge in [-0.1, -0.05) is 27.7 Å². The molecule has 0 fully saturated rings. The van der Waals surface area contributed by atoms with E-state index in [1.165, 1.54) is 9.75 Å². The van der Waals surface area contributed by atoms with Crippen molar-refractivity contribution in [1.82, 2.24) is 0 Å². The van der Waals surface area contributed by atoms with E-state index in [1.807, 2.05) is 19.9 Å². The minimum absolute atomic E-state index is 0. The molecule has 0 aliphatic heterocycles. The van der Waals surface area contributed by atoms with Gasteiger partial charge in [0.25, 0.3) is 0 Å². The second-order valence-corrected chi connectivity index (χ2v) is 2.96. The smallest absolute Gasteiger partial charge is 0 e. The minimum Gasteiger partial charge on any atom is -0.296 e. The maximum absolute atomic E-state index is 3.11. The Morgan fingerprint density at radius 2 is 2.08 bits per heavy atom. The Hall–Kier alpha value is 0.128. The van der Waals surface area contributed by atoms with Crippen molar-refractivity contribution in [2.24, 2.45) is 0 Å². The second-order valence-electron chi connectivity index (χ2n) is 2.08. The van der Waals surface area contributed by atoms with Gasteiger partial charge in [-0.3, -0.25) is 11.3 Å². The molecule has 74 valence electrons. The minimum atomic E-state index is 0. The fourth-order valence-electron chi connectivity index (χ4n) is 0.892. The van der Waals surface area contributed by atoms with E-state index in [0.29, 0.717) is 0 Å². The molecule has 0 unspecified atom stereocenters. The molecule has 1 heterocycles. The van der Waals surface area contributed by atoms with Gasteiger partial charge in [0.1, 0.15) is 0 Å². The molecule has 0 amide bonds. The molecule has 0 saturated carbocycles. The Kier molecular flexibility index (Phi) is 12.2. The Bertz CT molecular complexity index is 298. The Morgan fingerprint density at radius 1 is 1.46 bits per heavy atom. The number of rotatable bonds is 1. The first-order valence-electron chi connectivity index (χ1n) is 4.51. The van der Waals surface area contributed by atoms with Crippen molar-refractivity contribution in [3.05, 3.63) is 21.2 Å². The summed E-state index contributed by atoms with van der Waals surface area (Å²) < 4.78 is 1.34. The quantitative estimate of drug-likeness (QED) is 0.672. The van der Waals surface area contributed by atoms with Crippen LogP contribution < -0.4 is 9.75 Å². The summed E-state index contributed by atoms with van der Waals surface area (Å²) in [6, 6.07) is 2.05. The van der Waals surface area contributed by atoms with Gasteiger partial charge in [0.15, 0.2) is 0 Å². The predicted molar refractivity (Wildman–Crippen MR) is 58.6 cm³/mol. The van der Waals surface area contributed by atoms with Gasteiger partial charge in [0, 0.05) is 21.1 Å². The molecule has 0 N–H and O–H groups in total. The largest absolute Gasteiger partial charge is 0.296 e. The second kappa shape index (κ2) is 10.2. The molecule has 1 rings (SSSR count). The topological polar surface area (TPSA) is 0 Å². The van der Waals surface area contributed by atoms with Gasteiger partial charge in [-0.2, -0.15) is 11.3 Å². The molecule has 13 heavy (non-hydrogen) atoms. The summed E-state index contributed by atoms with van der Waals surface area (Å²) in [6.45, 7) is 8.21. The molecule has 0 aliphatic rings. The predicted octanol–water partition coefficient (Wildman–Crippen LogP) is 2.56. The molecule has 1 aromatic heterocycles. The molecular weight excluding hydrogens is 348 g/mol. The summed E-state index contributed by atoms with van der Waals surface area (Å²) >= 11 is 1.68. The van der Waals surface area contributed by atoms with Gasteiger partial charge in [0.05, 0.1) is 0 Å². The Labute approximate surface area is 99.6 Å². The van der Waals surface area contributed by atoms with Crippen molar-refractivity contribution < 1.29 is 21.1 Å². The van der Waals surface area contributed by atoms with Gasteiger partial charge < -0.3 is 0 Å². The molecule has 1 aromatic rings. The van der Waals surface area contributed by atoms with Crippen molar-refractivity contribution in [3.63, 3.8) is 0 Å². The molecule has 0 spiro atoms. The SMILES string of the molecule is C/C=c1/s[c-]c/c1=C/CC.CC.[W]. The van der Waals surface area contributed by atoms with E-state index in [0.717, 1.165) is 6.42 Å². The zero-order valence-corrected chi connectivity index (χ0v) is 12.5. The number of hydrogen-bond acceptors (Lipinski definition) is 1. The van der Waals surface area contributed by atoms with Crippen LogP contribution in [0.15, 0.2) is 6.07 Å². The van der Waals surface area contributed by atoms with Crippen LogP contribution in [0.2, 0.25) is 0 Å². The van der Waals surface area contributed by atoms with Crippen LogP contribution in [0.1, 0.15) is 34.1 Å². The third-order valence-corrected chi connectivity index (χ3v) is 2.28. The van der Waals surface area contributed by atoms with Crippen molar-refractivity contribution in [1.29, 1.82) is 0 Å². The van der Waals surface area contributed by atoms with Crippen LogP contribution in [-0.2, 0) is 21.1 Å². The van der Waals surface area contributed by atoms with Gasteiger partial charge in [-0.25, -0.2) is 0 Å². The Balaban J connectivity index is 0. The first-order valence-corrected chi connectivity index (χ1v) is 5.32. The van der Waals surface area contributed by atoms with E-state index >= 15 is 0 Å². The zero-order chi connectivity index (χ0) is 9.40. The molecular formula is C11H17SW-. The molecule has 0 aliphatic carbocycles. The zero-order valence-electron chi connectivity index (χ0n) is 8.76. The average molecular weight is 365 g/mol. The summed E-state index contributed by atoms with van der Waals surface area (Å²) in [5.74, 6) is 0. The summed E-state index contributed by atoms with van der Waals surface area (Å²) in [7, 11) is 0. The van der Waals surface area contributed by atoms with Crippen molar-refractivity contribution >= 4 is 23.5 Å². The summed E-state index contributed by atoms with van der Waals surface area (Å²) in [4.78, 5) is 0. The fraction of sp³-hybridized carbons (Fsp3) is 0.455. The van der Waals surface area contributed by atoms with E-state index < -0.39 is 0 Å². The summed E-state index contributed by atoms with van der Waals surface area (Å²) in [6.07, 6.45) is 5.45. The van der Waals surface area contributed by atoms with E-state index in [9.17, 15) is 0 Å². The van der Waals surface area contributed by atoms with E-state index in [4.69, 9.17) is 0 Å². The van der Waals surface area contributed by atoms with Crippen LogP contribution in [0.25, 0.3) is 12.2 Å². The van der Waals surface area contributed by atoms with Crippen molar-refractivity contribution in [3.8, 4) is 0 Å². The molecule has 0 bridgehead atoms. The van der Waals surface area contributed by atoms with E-state index in [2.05, 4.69) is 31.4 Å². The number of thiophene rings is 1. The average Bonchev–Trinajstić information content (AvgIpc) is 2.56. The fourth-order valence-corrected chi connectivity index (χ4v) is 1.58. The monoisotopic (exact) mass is 365 g/mol. The molecule has 0 saturated heterocycles. The van der Waals surface area contributed by atoms with Gasteiger partial charge in [-0.15, -0.1) is 22.1 Å². The standard InChI is InChI=1S/C9H11S.C2H6.W/c1-3-5-8-6-7-10-9(8)4-2;1-2;/h4-6H,3H2,1-2H3;1-2H3;/q-1;;/b8-5-,9-4+;;. The summed E-state index contributed by atoms with van der Waals surface area (Å²) in [5.41, 5.74) is 0. The first kappa shape index (κ1) is 15.6. The van der Waals surface area contributed by atoms with Crippen LogP contribution in [0.3, 0.4) is 0 Å². The third kappa shape index (κ3) is 5.44. The Morgan fingerprint density at radius 3 is 2.54 bits per heavy atom. The molecule has 0 aromatic carbocycles. The van der Waals surface area contributed by atoms with Gasteiger partial charge in [0.2, 0.25) is 0 Å². The van der Waals surface area contributed by atoms with Crippen LogP contribution in [0, 0.1) is 5.38 Å². The number of hydrogen-bond donors (Lipinski definition) is 0. The van der Waals surface area contributed by atoms with Gasteiger partial charge >= 0.3 is 0 Å². The van der Waals surface area contributed by atoms with Crippen molar-refractivity contribution in [2.75, 3.05) is 0 Å². The van der Waals surface area contributed by atoms with Crippen LogP contribution >= 0.6 is 11.3 Å². The molecule has 0 atom stereocenters. The first-order chi connectivity index (χ1) is 5.88.